The Morgan fingerprint density at radius 2 is 2.47 bits per heavy atom. The molecule has 1 fully saturated rings. The molecule has 15 heavy (non-hydrogen) atoms. The van der Waals surface area contributed by atoms with Crippen molar-refractivity contribution >= 4 is 17.3 Å². The standard InChI is InChI=1S/C11H16ClN3/c12-10-4-6-13-8-11(10)15-7-9-3-1-2-5-14-9/h4,6,8-9,14-15H,1-3,5,7H2. The van der Waals surface area contributed by atoms with Crippen LogP contribution in [0.4, 0.5) is 5.69 Å². The first-order valence-corrected chi connectivity index (χ1v) is 5.81. The first-order valence-electron chi connectivity index (χ1n) is 5.43. The van der Waals surface area contributed by atoms with E-state index in [0.717, 1.165) is 23.8 Å². The Balaban J connectivity index is 1.84. The first kappa shape index (κ1) is 10.7. The quantitative estimate of drug-likeness (QED) is 0.829. The second-order valence-electron chi connectivity index (χ2n) is 3.88. The third-order valence-corrected chi connectivity index (χ3v) is 3.05. The molecule has 0 spiro atoms. The summed E-state index contributed by atoms with van der Waals surface area (Å²) in [5.41, 5.74) is 0.923. The van der Waals surface area contributed by atoms with Crippen LogP contribution in [0.25, 0.3) is 0 Å². The minimum absolute atomic E-state index is 0.565. The van der Waals surface area contributed by atoms with E-state index in [1.807, 2.05) is 0 Å². The number of pyridine rings is 1. The van der Waals surface area contributed by atoms with E-state index in [4.69, 9.17) is 11.6 Å². The van der Waals surface area contributed by atoms with E-state index in [1.54, 1.807) is 18.5 Å². The molecule has 1 aliphatic rings. The van der Waals surface area contributed by atoms with Crippen LogP contribution in [0.5, 0.6) is 0 Å². The fourth-order valence-corrected chi connectivity index (χ4v) is 2.01. The Labute approximate surface area is 95.2 Å². The lowest BCUT2D eigenvalue weighted by Gasteiger charge is -2.24. The molecule has 1 saturated heterocycles. The van der Waals surface area contributed by atoms with Crippen molar-refractivity contribution in [3.8, 4) is 0 Å². The van der Waals surface area contributed by atoms with E-state index in [2.05, 4.69) is 15.6 Å². The molecule has 0 saturated carbocycles. The summed E-state index contributed by atoms with van der Waals surface area (Å²) in [5.74, 6) is 0. The summed E-state index contributed by atoms with van der Waals surface area (Å²) < 4.78 is 0. The van der Waals surface area contributed by atoms with Gasteiger partial charge in [0.2, 0.25) is 0 Å². The maximum atomic E-state index is 6.02. The summed E-state index contributed by atoms with van der Waals surface area (Å²) >= 11 is 6.02. The topological polar surface area (TPSA) is 37.0 Å². The molecule has 1 atom stereocenters. The van der Waals surface area contributed by atoms with E-state index in [-0.39, 0.29) is 0 Å². The number of hydrogen-bond donors (Lipinski definition) is 2. The lowest BCUT2D eigenvalue weighted by Crippen LogP contribution is -2.39. The van der Waals surface area contributed by atoms with Gasteiger partial charge in [-0.3, -0.25) is 4.98 Å². The summed E-state index contributed by atoms with van der Waals surface area (Å²) in [5, 5.41) is 7.55. The van der Waals surface area contributed by atoms with Crippen LogP contribution in [0.15, 0.2) is 18.5 Å². The van der Waals surface area contributed by atoms with E-state index in [1.165, 1.54) is 19.3 Å². The van der Waals surface area contributed by atoms with Gasteiger partial charge in [0.1, 0.15) is 0 Å². The van der Waals surface area contributed by atoms with Gasteiger partial charge in [-0.15, -0.1) is 0 Å². The normalized spacial score (nSPS) is 21.3. The van der Waals surface area contributed by atoms with Gasteiger partial charge in [-0.1, -0.05) is 18.0 Å². The van der Waals surface area contributed by atoms with Crippen LogP contribution in [0.1, 0.15) is 19.3 Å². The van der Waals surface area contributed by atoms with Crippen molar-refractivity contribution in [2.45, 2.75) is 25.3 Å². The maximum absolute atomic E-state index is 6.02. The molecule has 1 unspecified atom stereocenters. The molecule has 4 heteroatoms. The van der Waals surface area contributed by atoms with E-state index >= 15 is 0 Å². The highest BCUT2D eigenvalue weighted by Crippen LogP contribution is 2.19. The Morgan fingerprint density at radius 1 is 1.53 bits per heavy atom. The monoisotopic (exact) mass is 225 g/mol. The second kappa shape index (κ2) is 5.33. The van der Waals surface area contributed by atoms with Crippen molar-refractivity contribution in [3.63, 3.8) is 0 Å². The zero-order valence-electron chi connectivity index (χ0n) is 8.67. The molecule has 1 aromatic heterocycles. The van der Waals surface area contributed by atoms with Crippen LogP contribution in [0.2, 0.25) is 5.02 Å². The molecular formula is C11H16ClN3. The molecule has 82 valence electrons. The van der Waals surface area contributed by atoms with Crippen LogP contribution in [0, 0.1) is 0 Å². The van der Waals surface area contributed by atoms with Gasteiger partial charge < -0.3 is 10.6 Å². The van der Waals surface area contributed by atoms with Gasteiger partial charge in [0.05, 0.1) is 16.9 Å². The molecule has 2 N–H and O–H groups in total. The SMILES string of the molecule is Clc1ccncc1NCC1CCCCN1. The number of nitrogens with one attached hydrogen (secondary N) is 2. The lowest BCUT2D eigenvalue weighted by molar-refractivity contribution is 0.414. The molecule has 0 aliphatic carbocycles. The summed E-state index contributed by atoms with van der Waals surface area (Å²) in [7, 11) is 0. The summed E-state index contributed by atoms with van der Waals surface area (Å²) in [6.45, 7) is 2.05. The fraction of sp³-hybridized carbons (Fsp3) is 0.545. The van der Waals surface area contributed by atoms with Gasteiger partial charge >= 0.3 is 0 Å². The van der Waals surface area contributed by atoms with Gasteiger partial charge in [-0.05, 0) is 25.5 Å². The molecule has 2 rings (SSSR count). The highest BCUT2D eigenvalue weighted by Gasteiger charge is 2.12. The Bertz CT molecular complexity index is 310. The molecule has 1 aromatic rings. The molecule has 0 amide bonds. The van der Waals surface area contributed by atoms with Gasteiger partial charge in [0, 0.05) is 18.8 Å². The molecule has 0 bridgehead atoms. The number of rotatable bonds is 3. The van der Waals surface area contributed by atoms with Crippen molar-refractivity contribution in [1.82, 2.24) is 10.3 Å². The van der Waals surface area contributed by atoms with Crippen molar-refractivity contribution in [3.05, 3.63) is 23.5 Å². The average Bonchev–Trinajstić information content (AvgIpc) is 2.29. The molecular weight excluding hydrogens is 210 g/mol. The smallest absolute Gasteiger partial charge is 0.0716 e. The van der Waals surface area contributed by atoms with E-state index in [0.29, 0.717) is 6.04 Å². The van der Waals surface area contributed by atoms with Crippen molar-refractivity contribution in [2.24, 2.45) is 0 Å². The zero-order valence-corrected chi connectivity index (χ0v) is 9.43. The number of nitrogens with zero attached hydrogens (tertiary/aromatic N) is 1. The zero-order chi connectivity index (χ0) is 10.5. The van der Waals surface area contributed by atoms with E-state index < -0.39 is 0 Å². The molecule has 0 radical (unpaired) electrons. The van der Waals surface area contributed by atoms with Crippen molar-refractivity contribution < 1.29 is 0 Å². The molecule has 3 nitrogen and oxygen atoms in total. The predicted octanol–water partition coefficient (Wildman–Crippen LogP) is 2.29. The van der Waals surface area contributed by atoms with Gasteiger partial charge in [-0.2, -0.15) is 0 Å². The van der Waals surface area contributed by atoms with Crippen LogP contribution < -0.4 is 10.6 Å². The molecule has 1 aliphatic heterocycles. The number of hydrogen-bond acceptors (Lipinski definition) is 3. The number of anilines is 1. The van der Waals surface area contributed by atoms with Crippen LogP contribution >= 0.6 is 11.6 Å². The highest BCUT2D eigenvalue weighted by molar-refractivity contribution is 6.33. The largest absolute Gasteiger partial charge is 0.381 e. The first-order chi connectivity index (χ1) is 7.36. The minimum Gasteiger partial charge on any atom is -0.381 e. The molecule has 2 heterocycles. The van der Waals surface area contributed by atoms with Crippen molar-refractivity contribution in [2.75, 3.05) is 18.4 Å². The van der Waals surface area contributed by atoms with Crippen LogP contribution in [-0.4, -0.2) is 24.1 Å². The van der Waals surface area contributed by atoms with Crippen LogP contribution in [-0.2, 0) is 0 Å². The van der Waals surface area contributed by atoms with Crippen molar-refractivity contribution in [1.29, 1.82) is 0 Å². The van der Waals surface area contributed by atoms with E-state index in [9.17, 15) is 0 Å². The third-order valence-electron chi connectivity index (χ3n) is 2.72. The van der Waals surface area contributed by atoms with Gasteiger partial charge in [0.25, 0.3) is 0 Å². The average molecular weight is 226 g/mol. The second-order valence-corrected chi connectivity index (χ2v) is 4.29. The number of halogens is 1. The Kier molecular flexibility index (Phi) is 3.80. The summed E-state index contributed by atoms with van der Waals surface area (Å²) in [6, 6.07) is 2.37. The lowest BCUT2D eigenvalue weighted by atomic mass is 10.1. The number of aromatic nitrogens is 1. The number of piperidine rings is 1. The van der Waals surface area contributed by atoms with Crippen LogP contribution in [0.3, 0.4) is 0 Å². The highest BCUT2D eigenvalue weighted by atomic mass is 35.5. The summed E-state index contributed by atoms with van der Waals surface area (Å²) in [4.78, 5) is 4.04. The predicted molar refractivity (Wildman–Crippen MR) is 63.4 cm³/mol. The Hall–Kier alpha value is -0.800. The summed E-state index contributed by atoms with van der Waals surface area (Å²) in [6.07, 6.45) is 7.33. The van der Waals surface area contributed by atoms with Gasteiger partial charge in [0.15, 0.2) is 0 Å². The third kappa shape index (κ3) is 3.08. The Morgan fingerprint density at radius 3 is 3.20 bits per heavy atom. The minimum atomic E-state index is 0.565. The van der Waals surface area contributed by atoms with Gasteiger partial charge in [-0.25, -0.2) is 0 Å². The molecule has 0 aromatic carbocycles. The fourth-order valence-electron chi connectivity index (χ4n) is 1.84. The maximum Gasteiger partial charge on any atom is 0.0716 e.